The van der Waals surface area contributed by atoms with Crippen molar-refractivity contribution in [1.82, 2.24) is 0 Å². The molecule has 0 amide bonds. The number of nitro benzene ring substituents is 1. The topological polar surface area (TPSA) is 78.7 Å². The van der Waals surface area contributed by atoms with Crippen LogP contribution in [0.5, 0.6) is 5.75 Å². The molecular weight excluding hydrogens is 442 g/mol. The van der Waals surface area contributed by atoms with E-state index in [-0.39, 0.29) is 18.0 Å². The maximum atomic E-state index is 11.6. The summed E-state index contributed by atoms with van der Waals surface area (Å²) in [5.74, 6) is 0.206. The molecule has 6 nitrogen and oxygen atoms in total. The lowest BCUT2D eigenvalue weighted by molar-refractivity contribution is -0.384. The SMILES string of the molecule is CC/C=C\C/C=C\C/C=C\C/C=C\C/C=C\C/C=C\CCCOC(=O)Oc1ccc([N+](=O)[O-])cc1. The molecule has 0 saturated carbocycles. The third kappa shape index (κ3) is 17.5. The van der Waals surface area contributed by atoms with Crippen molar-refractivity contribution in [3.8, 4) is 5.75 Å². The van der Waals surface area contributed by atoms with Crippen LogP contribution in [0, 0.1) is 10.1 Å². The maximum Gasteiger partial charge on any atom is 0.513 e. The zero-order valence-electron chi connectivity index (χ0n) is 20.6. The number of benzene rings is 1. The fourth-order valence-corrected chi connectivity index (χ4v) is 2.76. The summed E-state index contributed by atoms with van der Waals surface area (Å²) in [5, 5.41) is 10.6. The van der Waals surface area contributed by atoms with E-state index in [4.69, 9.17) is 9.47 Å². The van der Waals surface area contributed by atoms with Crippen molar-refractivity contribution >= 4 is 11.8 Å². The molecule has 6 heteroatoms. The predicted octanol–water partition coefficient (Wildman–Crippen LogP) is 8.59. The number of non-ortho nitro benzene ring substituents is 1. The molecule has 1 aromatic rings. The number of nitro groups is 1. The van der Waals surface area contributed by atoms with Crippen LogP contribution in [0.25, 0.3) is 0 Å². The Kier molecular flexibility index (Phi) is 17.5. The van der Waals surface area contributed by atoms with Gasteiger partial charge in [-0.3, -0.25) is 10.1 Å². The third-order valence-electron chi connectivity index (χ3n) is 4.58. The van der Waals surface area contributed by atoms with Gasteiger partial charge in [0.25, 0.3) is 5.69 Å². The van der Waals surface area contributed by atoms with E-state index in [0.717, 1.165) is 44.9 Å². The van der Waals surface area contributed by atoms with Gasteiger partial charge in [0.15, 0.2) is 0 Å². The van der Waals surface area contributed by atoms with Crippen molar-refractivity contribution < 1.29 is 19.2 Å². The lowest BCUT2D eigenvalue weighted by Crippen LogP contribution is -2.11. The highest BCUT2D eigenvalue weighted by Crippen LogP contribution is 2.17. The van der Waals surface area contributed by atoms with Crippen LogP contribution in [0.2, 0.25) is 0 Å². The molecule has 1 rings (SSSR count). The van der Waals surface area contributed by atoms with E-state index in [2.05, 4.69) is 79.8 Å². The van der Waals surface area contributed by atoms with E-state index >= 15 is 0 Å². The van der Waals surface area contributed by atoms with E-state index in [1.807, 2.05) is 0 Å². The standard InChI is InChI=1S/C29H37NO5/c1-2-3-4-5-6-7-8-9-10-11-12-13-14-15-16-17-18-19-20-21-26-34-29(31)35-28-24-22-27(23-25-28)30(32)33/h3-4,6-7,9-10,12-13,15-16,18-19,22-25H,2,5,8,11,14,17,20-21,26H2,1H3/b4-3-,7-6-,10-9-,13-12-,16-15-,19-18-. The molecular formula is C29H37NO5. The monoisotopic (exact) mass is 479 g/mol. The Bertz CT molecular complexity index is 892. The zero-order chi connectivity index (χ0) is 25.4. The molecule has 0 aromatic heterocycles. The third-order valence-corrected chi connectivity index (χ3v) is 4.58. The fraction of sp³-hybridized carbons (Fsp3) is 0.345. The second-order valence-corrected chi connectivity index (χ2v) is 7.51. The van der Waals surface area contributed by atoms with Crippen LogP contribution < -0.4 is 4.74 Å². The van der Waals surface area contributed by atoms with Gasteiger partial charge in [-0.1, -0.05) is 79.8 Å². The summed E-state index contributed by atoms with van der Waals surface area (Å²) in [6, 6.07) is 5.25. The Labute approximate surface area is 209 Å². The quantitative estimate of drug-likeness (QED) is 0.0558. The van der Waals surface area contributed by atoms with Crippen molar-refractivity contribution in [3.05, 3.63) is 107 Å². The van der Waals surface area contributed by atoms with Gasteiger partial charge in [-0.2, -0.15) is 0 Å². The molecule has 0 heterocycles. The number of hydrogen-bond acceptors (Lipinski definition) is 5. The average molecular weight is 480 g/mol. The normalized spacial score (nSPS) is 12.3. The average Bonchev–Trinajstić information content (AvgIpc) is 2.85. The molecule has 0 unspecified atom stereocenters. The Morgan fingerprint density at radius 3 is 1.69 bits per heavy atom. The number of allylic oxidation sites excluding steroid dienone is 12. The first kappa shape index (κ1) is 29.4. The van der Waals surface area contributed by atoms with Gasteiger partial charge in [0.2, 0.25) is 0 Å². The Morgan fingerprint density at radius 1 is 0.771 bits per heavy atom. The maximum absolute atomic E-state index is 11.6. The number of carbonyl (C=O) groups is 1. The molecule has 0 radical (unpaired) electrons. The molecule has 1 aromatic carbocycles. The van der Waals surface area contributed by atoms with Gasteiger partial charge < -0.3 is 9.47 Å². The van der Waals surface area contributed by atoms with Crippen molar-refractivity contribution in [2.45, 2.75) is 58.3 Å². The van der Waals surface area contributed by atoms with Crippen molar-refractivity contribution in [2.24, 2.45) is 0 Å². The smallest absolute Gasteiger partial charge is 0.434 e. The molecule has 0 aliphatic carbocycles. The Morgan fingerprint density at radius 2 is 1.23 bits per heavy atom. The molecule has 35 heavy (non-hydrogen) atoms. The van der Waals surface area contributed by atoms with Crippen LogP contribution in [-0.4, -0.2) is 17.7 Å². The number of nitrogens with zero attached hydrogens (tertiary/aromatic N) is 1. The number of hydrogen-bond donors (Lipinski definition) is 0. The van der Waals surface area contributed by atoms with Crippen LogP contribution in [0.3, 0.4) is 0 Å². The number of carbonyl (C=O) groups excluding carboxylic acids is 1. The molecule has 0 atom stereocenters. The van der Waals surface area contributed by atoms with Crippen LogP contribution >= 0.6 is 0 Å². The van der Waals surface area contributed by atoms with Crippen molar-refractivity contribution in [3.63, 3.8) is 0 Å². The highest BCUT2D eigenvalue weighted by Gasteiger charge is 2.08. The summed E-state index contributed by atoms with van der Waals surface area (Å²) in [7, 11) is 0. The first-order valence-corrected chi connectivity index (χ1v) is 12.1. The van der Waals surface area contributed by atoms with E-state index in [0.29, 0.717) is 6.42 Å². The summed E-state index contributed by atoms with van der Waals surface area (Å²) in [6.07, 6.45) is 32.5. The second kappa shape index (κ2) is 20.9. The first-order valence-electron chi connectivity index (χ1n) is 12.1. The molecule has 0 spiro atoms. The Hall–Kier alpha value is -3.67. The molecule has 0 saturated heterocycles. The van der Waals surface area contributed by atoms with E-state index < -0.39 is 11.1 Å². The molecule has 0 aliphatic rings. The van der Waals surface area contributed by atoms with E-state index in [1.165, 1.54) is 24.3 Å². The minimum absolute atomic E-state index is 0.0675. The summed E-state index contributed by atoms with van der Waals surface area (Å²) < 4.78 is 9.97. The van der Waals surface area contributed by atoms with Gasteiger partial charge in [0.05, 0.1) is 11.5 Å². The Balaban J connectivity index is 1.99. The molecule has 0 bridgehead atoms. The summed E-state index contributed by atoms with van der Waals surface area (Å²) >= 11 is 0. The van der Waals surface area contributed by atoms with Gasteiger partial charge in [0.1, 0.15) is 5.75 Å². The van der Waals surface area contributed by atoms with Crippen LogP contribution in [0.4, 0.5) is 10.5 Å². The van der Waals surface area contributed by atoms with E-state index in [9.17, 15) is 14.9 Å². The number of ether oxygens (including phenoxy) is 2. The van der Waals surface area contributed by atoms with Crippen LogP contribution in [-0.2, 0) is 4.74 Å². The lowest BCUT2D eigenvalue weighted by atomic mass is 10.2. The van der Waals surface area contributed by atoms with Gasteiger partial charge >= 0.3 is 6.16 Å². The minimum Gasteiger partial charge on any atom is -0.434 e. The zero-order valence-corrected chi connectivity index (χ0v) is 20.6. The largest absolute Gasteiger partial charge is 0.513 e. The summed E-state index contributed by atoms with van der Waals surface area (Å²) in [4.78, 5) is 21.7. The lowest BCUT2D eigenvalue weighted by Gasteiger charge is -2.04. The minimum atomic E-state index is -0.818. The fourth-order valence-electron chi connectivity index (χ4n) is 2.76. The van der Waals surface area contributed by atoms with Crippen molar-refractivity contribution in [1.29, 1.82) is 0 Å². The molecule has 0 fully saturated rings. The van der Waals surface area contributed by atoms with Gasteiger partial charge in [-0.05, 0) is 63.5 Å². The van der Waals surface area contributed by atoms with Gasteiger partial charge in [-0.25, -0.2) is 4.79 Å². The van der Waals surface area contributed by atoms with Crippen molar-refractivity contribution in [2.75, 3.05) is 6.61 Å². The van der Waals surface area contributed by atoms with Crippen LogP contribution in [0.15, 0.2) is 97.2 Å². The summed E-state index contributed by atoms with van der Waals surface area (Å²) in [5.41, 5.74) is -0.0675. The van der Waals surface area contributed by atoms with Gasteiger partial charge in [0, 0.05) is 12.1 Å². The second-order valence-electron chi connectivity index (χ2n) is 7.51. The highest BCUT2D eigenvalue weighted by atomic mass is 16.7. The number of unbranched alkanes of at least 4 members (excludes halogenated alkanes) is 1. The molecule has 0 N–H and O–H groups in total. The predicted molar refractivity (Wildman–Crippen MR) is 143 cm³/mol. The van der Waals surface area contributed by atoms with E-state index in [1.54, 1.807) is 0 Å². The molecule has 0 aliphatic heterocycles. The van der Waals surface area contributed by atoms with Gasteiger partial charge in [-0.15, -0.1) is 0 Å². The summed E-state index contributed by atoms with van der Waals surface area (Å²) in [6.45, 7) is 2.39. The first-order chi connectivity index (χ1) is 17.1. The van der Waals surface area contributed by atoms with Crippen LogP contribution in [0.1, 0.15) is 58.3 Å². The molecule has 188 valence electrons. The number of rotatable bonds is 17. The highest BCUT2D eigenvalue weighted by molar-refractivity contribution is 5.63.